The van der Waals surface area contributed by atoms with E-state index in [1.165, 1.54) is 5.56 Å². The van der Waals surface area contributed by atoms with E-state index in [2.05, 4.69) is 72.8 Å². The predicted octanol–water partition coefficient (Wildman–Crippen LogP) is 4.52. The standard InChI is InChI=1S/C20H30N4/c1-5-14-23(15-6-2)20-21-13-12-19(22-20)24(17(3)4)16-18-10-8-7-9-11-18/h7-13,17H,5-6,14-16H2,1-4H3. The van der Waals surface area contributed by atoms with Crippen LogP contribution in [-0.2, 0) is 6.54 Å². The molecule has 0 saturated heterocycles. The zero-order valence-electron chi connectivity index (χ0n) is 15.4. The molecule has 2 aromatic rings. The number of benzene rings is 1. The van der Waals surface area contributed by atoms with Gasteiger partial charge in [-0.3, -0.25) is 0 Å². The van der Waals surface area contributed by atoms with Crippen molar-refractivity contribution in [2.24, 2.45) is 0 Å². The van der Waals surface area contributed by atoms with Gasteiger partial charge in [0.2, 0.25) is 5.95 Å². The minimum Gasteiger partial charge on any atom is -0.350 e. The van der Waals surface area contributed by atoms with Crippen LogP contribution in [0, 0.1) is 0 Å². The van der Waals surface area contributed by atoms with Gasteiger partial charge in [-0.1, -0.05) is 44.2 Å². The second-order valence-corrected chi connectivity index (χ2v) is 6.41. The Morgan fingerprint density at radius 3 is 2.21 bits per heavy atom. The van der Waals surface area contributed by atoms with Crippen LogP contribution in [0.4, 0.5) is 11.8 Å². The monoisotopic (exact) mass is 326 g/mol. The molecular weight excluding hydrogens is 296 g/mol. The van der Waals surface area contributed by atoms with E-state index in [1.807, 2.05) is 12.3 Å². The van der Waals surface area contributed by atoms with Gasteiger partial charge in [0.1, 0.15) is 5.82 Å². The van der Waals surface area contributed by atoms with Crippen LogP contribution >= 0.6 is 0 Å². The molecule has 130 valence electrons. The summed E-state index contributed by atoms with van der Waals surface area (Å²) in [5.41, 5.74) is 1.30. The number of aromatic nitrogens is 2. The van der Waals surface area contributed by atoms with Gasteiger partial charge >= 0.3 is 0 Å². The Bertz CT molecular complexity index is 592. The van der Waals surface area contributed by atoms with Gasteiger partial charge in [-0.2, -0.15) is 4.98 Å². The molecule has 2 rings (SSSR count). The lowest BCUT2D eigenvalue weighted by molar-refractivity contribution is 0.665. The zero-order chi connectivity index (χ0) is 17.4. The summed E-state index contributed by atoms with van der Waals surface area (Å²) in [6, 6.07) is 12.9. The van der Waals surface area contributed by atoms with Crippen LogP contribution in [0.1, 0.15) is 46.1 Å². The fourth-order valence-electron chi connectivity index (χ4n) is 2.81. The highest BCUT2D eigenvalue weighted by Crippen LogP contribution is 2.20. The Balaban J connectivity index is 2.25. The van der Waals surface area contributed by atoms with Crippen LogP contribution in [0.3, 0.4) is 0 Å². The predicted molar refractivity (Wildman–Crippen MR) is 103 cm³/mol. The van der Waals surface area contributed by atoms with Crippen molar-refractivity contribution in [3.8, 4) is 0 Å². The molecule has 0 fully saturated rings. The first-order chi connectivity index (χ1) is 11.7. The molecule has 0 aliphatic rings. The first kappa shape index (κ1) is 18.2. The zero-order valence-corrected chi connectivity index (χ0v) is 15.4. The summed E-state index contributed by atoms with van der Waals surface area (Å²) >= 11 is 0. The van der Waals surface area contributed by atoms with E-state index in [-0.39, 0.29) is 0 Å². The third-order valence-electron chi connectivity index (χ3n) is 4.01. The largest absolute Gasteiger partial charge is 0.350 e. The molecular formula is C20H30N4. The van der Waals surface area contributed by atoms with E-state index in [4.69, 9.17) is 4.98 Å². The number of nitrogens with zero attached hydrogens (tertiary/aromatic N) is 4. The lowest BCUT2D eigenvalue weighted by Crippen LogP contribution is -2.32. The molecule has 4 nitrogen and oxygen atoms in total. The quantitative estimate of drug-likeness (QED) is 0.678. The fraction of sp³-hybridized carbons (Fsp3) is 0.500. The Morgan fingerprint density at radius 1 is 0.958 bits per heavy atom. The van der Waals surface area contributed by atoms with Crippen molar-refractivity contribution in [1.82, 2.24) is 9.97 Å². The van der Waals surface area contributed by atoms with Crippen molar-refractivity contribution in [3.05, 3.63) is 48.2 Å². The molecule has 0 aliphatic heterocycles. The van der Waals surface area contributed by atoms with E-state index in [0.717, 1.165) is 44.2 Å². The molecule has 0 spiro atoms. The van der Waals surface area contributed by atoms with Crippen LogP contribution in [0.5, 0.6) is 0 Å². The second-order valence-electron chi connectivity index (χ2n) is 6.41. The lowest BCUT2D eigenvalue weighted by Gasteiger charge is -2.29. The molecule has 1 heterocycles. The molecule has 1 aromatic heterocycles. The first-order valence-corrected chi connectivity index (χ1v) is 9.04. The summed E-state index contributed by atoms with van der Waals surface area (Å²) in [5, 5.41) is 0. The third-order valence-corrected chi connectivity index (χ3v) is 4.01. The van der Waals surface area contributed by atoms with Crippen molar-refractivity contribution in [2.45, 2.75) is 53.1 Å². The van der Waals surface area contributed by atoms with Gasteiger partial charge in [-0.05, 0) is 38.3 Å². The van der Waals surface area contributed by atoms with Gasteiger partial charge in [0.25, 0.3) is 0 Å². The molecule has 4 heteroatoms. The summed E-state index contributed by atoms with van der Waals surface area (Å²) in [6.07, 6.45) is 4.09. The van der Waals surface area contributed by atoms with Crippen molar-refractivity contribution in [2.75, 3.05) is 22.9 Å². The molecule has 0 N–H and O–H groups in total. The Morgan fingerprint density at radius 2 is 1.62 bits per heavy atom. The van der Waals surface area contributed by atoms with E-state index in [1.54, 1.807) is 0 Å². The molecule has 0 radical (unpaired) electrons. The van der Waals surface area contributed by atoms with Crippen LogP contribution < -0.4 is 9.80 Å². The number of hydrogen-bond acceptors (Lipinski definition) is 4. The van der Waals surface area contributed by atoms with Crippen molar-refractivity contribution >= 4 is 11.8 Å². The van der Waals surface area contributed by atoms with Crippen molar-refractivity contribution in [1.29, 1.82) is 0 Å². The lowest BCUT2D eigenvalue weighted by atomic mass is 10.2. The van der Waals surface area contributed by atoms with Crippen LogP contribution in [0.15, 0.2) is 42.6 Å². The molecule has 0 amide bonds. The second kappa shape index (κ2) is 9.26. The van der Waals surface area contributed by atoms with E-state index < -0.39 is 0 Å². The van der Waals surface area contributed by atoms with Crippen molar-refractivity contribution < 1.29 is 0 Å². The summed E-state index contributed by atoms with van der Waals surface area (Å²) in [4.78, 5) is 14.0. The van der Waals surface area contributed by atoms with Gasteiger partial charge in [0, 0.05) is 31.9 Å². The minimum absolute atomic E-state index is 0.374. The van der Waals surface area contributed by atoms with Gasteiger partial charge < -0.3 is 9.80 Å². The summed E-state index contributed by atoms with van der Waals surface area (Å²) in [7, 11) is 0. The molecule has 0 saturated carbocycles. The number of anilines is 2. The maximum absolute atomic E-state index is 4.87. The van der Waals surface area contributed by atoms with Crippen molar-refractivity contribution in [3.63, 3.8) is 0 Å². The van der Waals surface area contributed by atoms with E-state index in [0.29, 0.717) is 6.04 Å². The molecule has 1 aromatic carbocycles. The maximum atomic E-state index is 4.87. The SMILES string of the molecule is CCCN(CCC)c1nccc(N(Cc2ccccc2)C(C)C)n1. The highest BCUT2D eigenvalue weighted by Gasteiger charge is 2.15. The van der Waals surface area contributed by atoms with Gasteiger partial charge in [0.15, 0.2) is 0 Å². The molecule has 0 aliphatic carbocycles. The van der Waals surface area contributed by atoms with E-state index in [9.17, 15) is 0 Å². The third kappa shape index (κ3) is 4.95. The smallest absolute Gasteiger partial charge is 0.227 e. The van der Waals surface area contributed by atoms with Gasteiger partial charge in [-0.25, -0.2) is 4.98 Å². The molecule has 24 heavy (non-hydrogen) atoms. The Labute approximate surface area is 146 Å². The van der Waals surface area contributed by atoms with Crippen LogP contribution in [0.25, 0.3) is 0 Å². The summed E-state index contributed by atoms with van der Waals surface area (Å²) in [6.45, 7) is 11.7. The highest BCUT2D eigenvalue weighted by atomic mass is 15.3. The fourth-order valence-corrected chi connectivity index (χ4v) is 2.81. The van der Waals surface area contributed by atoms with Gasteiger partial charge in [-0.15, -0.1) is 0 Å². The first-order valence-electron chi connectivity index (χ1n) is 9.04. The van der Waals surface area contributed by atoms with E-state index >= 15 is 0 Å². The average Bonchev–Trinajstić information content (AvgIpc) is 2.60. The van der Waals surface area contributed by atoms with Crippen LogP contribution in [-0.4, -0.2) is 29.1 Å². The number of hydrogen-bond donors (Lipinski definition) is 0. The Hall–Kier alpha value is -2.10. The highest BCUT2D eigenvalue weighted by molar-refractivity contribution is 5.45. The maximum Gasteiger partial charge on any atom is 0.227 e. The number of rotatable bonds is 9. The molecule has 0 atom stereocenters. The summed E-state index contributed by atoms with van der Waals surface area (Å²) in [5.74, 6) is 1.84. The Kier molecular flexibility index (Phi) is 7.04. The normalized spacial score (nSPS) is 10.9. The molecule has 0 bridgehead atoms. The topological polar surface area (TPSA) is 32.3 Å². The summed E-state index contributed by atoms with van der Waals surface area (Å²) < 4.78 is 0. The minimum atomic E-state index is 0.374. The molecule has 0 unspecified atom stereocenters. The average molecular weight is 326 g/mol. The van der Waals surface area contributed by atoms with Crippen LogP contribution in [0.2, 0.25) is 0 Å². The van der Waals surface area contributed by atoms with Gasteiger partial charge in [0.05, 0.1) is 0 Å².